The number of hydrogen-bond donors (Lipinski definition) is 2. The summed E-state index contributed by atoms with van der Waals surface area (Å²) in [5.74, 6) is 0.430. The number of nitrogens with zero attached hydrogens (tertiary/aromatic N) is 3. The molecule has 0 spiro atoms. The molecular weight excluding hydrogens is 178 g/mol. The van der Waals surface area contributed by atoms with E-state index in [1.54, 1.807) is 12.3 Å². The van der Waals surface area contributed by atoms with E-state index in [1.165, 1.54) is 0 Å². The lowest BCUT2D eigenvalue weighted by Crippen LogP contribution is -2.39. The first-order chi connectivity index (χ1) is 6.57. The molecule has 0 aromatic carbocycles. The maximum atomic E-state index is 8.62. The summed E-state index contributed by atoms with van der Waals surface area (Å²) in [5.41, 5.74) is 5.61. The number of hydrogen-bond acceptors (Lipinski definition) is 5. The predicted molar refractivity (Wildman–Crippen MR) is 53.5 cm³/mol. The van der Waals surface area contributed by atoms with Crippen molar-refractivity contribution in [3.8, 4) is 6.07 Å². The van der Waals surface area contributed by atoms with Crippen LogP contribution in [0.1, 0.15) is 19.5 Å². The highest BCUT2D eigenvalue weighted by Crippen LogP contribution is 2.08. The fourth-order valence-electron chi connectivity index (χ4n) is 0.835. The Kier molecular flexibility index (Phi) is 2.99. The van der Waals surface area contributed by atoms with Crippen molar-refractivity contribution in [3.63, 3.8) is 0 Å². The Bertz CT molecular complexity index is 352. The third-order valence-electron chi connectivity index (χ3n) is 1.73. The number of rotatable bonds is 3. The van der Waals surface area contributed by atoms with Crippen LogP contribution in [-0.4, -0.2) is 22.1 Å². The lowest BCUT2D eigenvalue weighted by atomic mass is 10.1. The van der Waals surface area contributed by atoms with Gasteiger partial charge in [-0.05, 0) is 19.9 Å². The van der Waals surface area contributed by atoms with Gasteiger partial charge in [-0.3, -0.25) is 0 Å². The Hall–Kier alpha value is -1.67. The van der Waals surface area contributed by atoms with Gasteiger partial charge in [0.1, 0.15) is 11.8 Å². The van der Waals surface area contributed by atoms with Crippen molar-refractivity contribution in [2.45, 2.75) is 19.4 Å². The number of nitrogens with one attached hydrogen (secondary N) is 1. The molecule has 1 heterocycles. The second-order valence-electron chi connectivity index (χ2n) is 3.59. The normalized spacial score (nSPS) is 10.7. The van der Waals surface area contributed by atoms with E-state index >= 15 is 0 Å². The molecule has 1 rings (SSSR count). The molecular formula is C9H13N5. The number of nitrogens with two attached hydrogens (primary N) is 1. The molecule has 14 heavy (non-hydrogen) atoms. The maximum absolute atomic E-state index is 8.62. The number of aromatic nitrogens is 2. The van der Waals surface area contributed by atoms with Gasteiger partial charge in [-0.15, -0.1) is 0 Å². The molecule has 74 valence electrons. The van der Waals surface area contributed by atoms with Crippen molar-refractivity contribution in [2.24, 2.45) is 5.73 Å². The minimum Gasteiger partial charge on any atom is -0.348 e. The topological polar surface area (TPSA) is 87.6 Å². The summed E-state index contributed by atoms with van der Waals surface area (Å²) in [6.07, 6.45) is 1.54. The Balaban J connectivity index is 2.83. The molecule has 1 aromatic heterocycles. The second kappa shape index (κ2) is 4.03. The minimum atomic E-state index is -0.270. The van der Waals surface area contributed by atoms with Crippen LogP contribution in [0.2, 0.25) is 0 Å². The summed E-state index contributed by atoms with van der Waals surface area (Å²) in [5, 5.41) is 11.7. The third kappa shape index (κ3) is 2.68. The van der Waals surface area contributed by atoms with E-state index in [0.717, 1.165) is 0 Å². The van der Waals surface area contributed by atoms with Crippen LogP contribution in [0.5, 0.6) is 0 Å². The summed E-state index contributed by atoms with van der Waals surface area (Å²) in [6.45, 7) is 4.35. The van der Waals surface area contributed by atoms with E-state index in [0.29, 0.717) is 18.2 Å². The van der Waals surface area contributed by atoms with Crippen LogP contribution in [0.25, 0.3) is 0 Å². The fraction of sp³-hybridized carbons (Fsp3) is 0.444. The Morgan fingerprint density at radius 3 is 2.93 bits per heavy atom. The highest BCUT2D eigenvalue weighted by molar-refractivity contribution is 5.32. The smallest absolute Gasteiger partial charge is 0.224 e. The zero-order chi connectivity index (χ0) is 10.6. The zero-order valence-corrected chi connectivity index (χ0v) is 8.28. The van der Waals surface area contributed by atoms with Crippen molar-refractivity contribution in [1.29, 1.82) is 5.26 Å². The summed E-state index contributed by atoms with van der Waals surface area (Å²) < 4.78 is 0. The predicted octanol–water partition coefficient (Wildman–Crippen LogP) is 0.497. The summed E-state index contributed by atoms with van der Waals surface area (Å²) in [7, 11) is 0. The molecule has 5 heteroatoms. The minimum absolute atomic E-state index is 0.270. The van der Waals surface area contributed by atoms with Crippen LogP contribution >= 0.6 is 0 Å². The molecule has 0 amide bonds. The lowest BCUT2D eigenvalue weighted by molar-refractivity contribution is 0.574. The quantitative estimate of drug-likeness (QED) is 0.726. The molecule has 0 saturated heterocycles. The number of nitriles is 1. The molecule has 0 aliphatic heterocycles. The number of anilines is 1. The third-order valence-corrected chi connectivity index (χ3v) is 1.73. The first kappa shape index (κ1) is 10.4. The highest BCUT2D eigenvalue weighted by atomic mass is 15.1. The van der Waals surface area contributed by atoms with E-state index in [2.05, 4.69) is 15.3 Å². The van der Waals surface area contributed by atoms with Crippen LogP contribution in [0, 0.1) is 11.3 Å². The van der Waals surface area contributed by atoms with E-state index in [-0.39, 0.29) is 5.54 Å². The van der Waals surface area contributed by atoms with Crippen molar-refractivity contribution < 1.29 is 0 Å². The van der Waals surface area contributed by atoms with Gasteiger partial charge in [0.25, 0.3) is 0 Å². The molecule has 0 aliphatic carbocycles. The highest BCUT2D eigenvalue weighted by Gasteiger charge is 2.15. The van der Waals surface area contributed by atoms with Gasteiger partial charge in [0.2, 0.25) is 5.95 Å². The molecule has 0 aliphatic rings. The van der Waals surface area contributed by atoms with Crippen LogP contribution in [0.4, 0.5) is 5.95 Å². The molecule has 0 bridgehead atoms. The molecule has 0 radical (unpaired) electrons. The van der Waals surface area contributed by atoms with Gasteiger partial charge in [0.15, 0.2) is 0 Å². The van der Waals surface area contributed by atoms with Gasteiger partial charge in [-0.1, -0.05) is 0 Å². The fourth-order valence-corrected chi connectivity index (χ4v) is 0.835. The van der Waals surface area contributed by atoms with Crippen molar-refractivity contribution in [1.82, 2.24) is 9.97 Å². The molecule has 0 atom stereocenters. The zero-order valence-electron chi connectivity index (χ0n) is 8.28. The van der Waals surface area contributed by atoms with E-state index < -0.39 is 0 Å². The van der Waals surface area contributed by atoms with Crippen LogP contribution < -0.4 is 11.1 Å². The standard InChI is InChI=1S/C9H13N5/c1-9(2,6-11)14-8-12-4-3-7(5-10)13-8/h3-4H,6,11H2,1-2H3,(H,12,13,14). The second-order valence-corrected chi connectivity index (χ2v) is 3.59. The Morgan fingerprint density at radius 1 is 1.64 bits per heavy atom. The molecule has 5 nitrogen and oxygen atoms in total. The van der Waals surface area contributed by atoms with Gasteiger partial charge in [-0.25, -0.2) is 9.97 Å². The van der Waals surface area contributed by atoms with Crippen LogP contribution in [-0.2, 0) is 0 Å². The average Bonchev–Trinajstić information content (AvgIpc) is 2.17. The molecule has 3 N–H and O–H groups in total. The van der Waals surface area contributed by atoms with Crippen molar-refractivity contribution in [2.75, 3.05) is 11.9 Å². The molecule has 0 unspecified atom stereocenters. The molecule has 0 fully saturated rings. The summed E-state index contributed by atoms with van der Waals surface area (Å²) >= 11 is 0. The van der Waals surface area contributed by atoms with Crippen LogP contribution in [0.3, 0.4) is 0 Å². The Morgan fingerprint density at radius 2 is 2.36 bits per heavy atom. The Labute approximate surface area is 83.0 Å². The molecule has 0 saturated carbocycles. The molecule has 1 aromatic rings. The summed E-state index contributed by atoms with van der Waals surface area (Å²) in [4.78, 5) is 7.98. The van der Waals surface area contributed by atoms with Gasteiger partial charge < -0.3 is 11.1 Å². The summed E-state index contributed by atoms with van der Waals surface area (Å²) in [6, 6.07) is 3.50. The van der Waals surface area contributed by atoms with Gasteiger partial charge in [0.05, 0.1) is 0 Å². The van der Waals surface area contributed by atoms with Crippen LogP contribution in [0.15, 0.2) is 12.3 Å². The first-order valence-corrected chi connectivity index (χ1v) is 4.29. The van der Waals surface area contributed by atoms with Gasteiger partial charge in [-0.2, -0.15) is 5.26 Å². The maximum Gasteiger partial charge on any atom is 0.224 e. The van der Waals surface area contributed by atoms with E-state index in [1.807, 2.05) is 19.9 Å². The van der Waals surface area contributed by atoms with E-state index in [4.69, 9.17) is 11.0 Å². The van der Waals surface area contributed by atoms with Gasteiger partial charge >= 0.3 is 0 Å². The monoisotopic (exact) mass is 191 g/mol. The SMILES string of the molecule is CC(C)(CN)Nc1nccc(C#N)n1. The van der Waals surface area contributed by atoms with E-state index in [9.17, 15) is 0 Å². The largest absolute Gasteiger partial charge is 0.348 e. The van der Waals surface area contributed by atoms with Crippen molar-refractivity contribution in [3.05, 3.63) is 18.0 Å². The average molecular weight is 191 g/mol. The lowest BCUT2D eigenvalue weighted by Gasteiger charge is -2.23. The van der Waals surface area contributed by atoms with Gasteiger partial charge in [0, 0.05) is 18.3 Å². The first-order valence-electron chi connectivity index (χ1n) is 4.29. The van der Waals surface area contributed by atoms with Crippen molar-refractivity contribution >= 4 is 5.95 Å².